The number of pyridine rings is 2. The molecule has 0 radical (unpaired) electrons. The summed E-state index contributed by atoms with van der Waals surface area (Å²) in [5, 5.41) is 22.9. The van der Waals surface area contributed by atoms with E-state index < -0.39 is 18.5 Å². The molecule has 53 heavy (non-hydrogen) atoms. The van der Waals surface area contributed by atoms with Crippen molar-refractivity contribution in [1.82, 2.24) is 9.97 Å². The molecule has 262 valence electrons. The Hall–Kier alpha value is -6.25. The van der Waals surface area contributed by atoms with Gasteiger partial charge in [0.15, 0.2) is 0 Å². The van der Waals surface area contributed by atoms with Gasteiger partial charge >= 0.3 is 25.3 Å². The number of phenolic OH excluding ortho intramolecular Hbond substituents is 2. The Morgan fingerprint density at radius 2 is 0.679 bits per heavy atom. The second kappa shape index (κ2) is 16.4. The van der Waals surface area contributed by atoms with E-state index in [1.54, 1.807) is 73.1 Å². The molecule has 0 saturated carbocycles. The monoisotopic (exact) mass is 882 g/mol. The van der Waals surface area contributed by atoms with Crippen LogP contribution >= 0.6 is 0 Å². The average Bonchev–Trinajstić information content (AvgIpc) is 3.18. The summed E-state index contributed by atoms with van der Waals surface area (Å²) in [5.41, 5.74) is 6.60. The van der Waals surface area contributed by atoms with Crippen molar-refractivity contribution in [2.24, 2.45) is 0 Å². The molecule has 8 aromatic rings. The van der Waals surface area contributed by atoms with E-state index in [9.17, 15) is 27.8 Å². The van der Waals surface area contributed by atoms with Crippen molar-refractivity contribution in [2.45, 2.75) is 0 Å². The Morgan fingerprint density at radius 3 is 0.962 bits per heavy atom. The molecule has 0 spiro atoms. The Balaban J connectivity index is 0.000000169. The molecule has 6 nitrogen and oxygen atoms in total. The minimum absolute atomic E-state index is 0.0352. The molecule has 0 aliphatic carbocycles. The molecule has 0 aliphatic heterocycles. The normalized spacial score (nSPS) is 10.6. The second-order valence-electron chi connectivity index (χ2n) is 11.5. The summed E-state index contributed by atoms with van der Waals surface area (Å²) in [7, 11) is 0. The summed E-state index contributed by atoms with van der Waals surface area (Å²) >= 11 is -2.25. The molecule has 11 heteroatoms. The Labute approximate surface area is 308 Å². The van der Waals surface area contributed by atoms with Crippen molar-refractivity contribution >= 4 is 21.8 Å². The standard InChI is InChI=1S/2C21H13F2NO.2O.W/c2*22-15-7-3-13(4-8-15)18-12-19(14-5-9-16(23)10-6-14)21(25)20-17(18)2-1-11-24-20;;;/h2*1-12,25H;;;. The molecule has 8 rings (SSSR count). The first-order valence-corrected chi connectivity index (χ1v) is 18.2. The van der Waals surface area contributed by atoms with Crippen LogP contribution in [0.2, 0.25) is 0 Å². The summed E-state index contributed by atoms with van der Waals surface area (Å²) in [5.74, 6) is -1.25. The van der Waals surface area contributed by atoms with Gasteiger partial charge in [-0.2, -0.15) is 0 Å². The second-order valence-corrected chi connectivity index (χ2v) is 12.0. The zero-order chi connectivity index (χ0) is 37.5. The van der Waals surface area contributed by atoms with Crippen molar-refractivity contribution in [3.05, 3.63) is 169 Å². The molecule has 0 fully saturated rings. The van der Waals surface area contributed by atoms with Crippen LogP contribution in [-0.2, 0) is 25.3 Å². The fourth-order valence-corrected chi connectivity index (χ4v) is 5.89. The van der Waals surface area contributed by atoms with E-state index in [4.69, 9.17) is 6.80 Å². The molecule has 0 aliphatic rings. The average molecular weight is 883 g/mol. The number of benzene rings is 6. The molecule has 2 heterocycles. The Kier molecular flexibility index (Phi) is 11.3. The Morgan fingerprint density at radius 1 is 0.415 bits per heavy atom. The number of rotatable bonds is 4. The number of hydrogen-bond acceptors (Lipinski definition) is 6. The summed E-state index contributed by atoms with van der Waals surface area (Å²) in [6, 6.07) is 35.0. The van der Waals surface area contributed by atoms with Crippen LogP contribution in [0, 0.1) is 23.3 Å². The molecule has 0 atom stereocenters. The SMILES string of the molecule is Oc1c(-c2ccc(F)cc2)cc(-c2ccc(F)cc2)c2cccnc12.Oc1c(-c2ccc(F)cc2)cc(-c2ccc(F)cc2)c2cccnc12.[O]=[W]=[O]. The van der Waals surface area contributed by atoms with Crippen molar-refractivity contribution in [3.63, 3.8) is 0 Å². The number of nitrogens with zero attached hydrogens (tertiary/aromatic N) is 2. The summed E-state index contributed by atoms with van der Waals surface area (Å²) in [6.45, 7) is 0. The number of phenols is 2. The first kappa shape index (κ1) is 36.5. The molecular weight excluding hydrogens is 856 g/mol. The summed E-state index contributed by atoms with van der Waals surface area (Å²) in [6.07, 6.45) is 3.20. The van der Waals surface area contributed by atoms with Crippen molar-refractivity contribution in [2.75, 3.05) is 0 Å². The number of halogens is 4. The number of hydrogen-bond donors (Lipinski definition) is 2. The van der Waals surface area contributed by atoms with E-state index in [2.05, 4.69) is 9.97 Å². The van der Waals surface area contributed by atoms with Crippen LogP contribution in [0.15, 0.2) is 146 Å². The van der Waals surface area contributed by atoms with Gasteiger partial charge in [-0.25, -0.2) is 17.6 Å². The van der Waals surface area contributed by atoms with Crippen molar-refractivity contribution < 1.29 is 53.1 Å². The fourth-order valence-electron chi connectivity index (χ4n) is 5.89. The van der Waals surface area contributed by atoms with Gasteiger partial charge in [-0.1, -0.05) is 60.7 Å². The molecule has 2 aromatic heterocycles. The topological polar surface area (TPSA) is 100 Å². The maximum absolute atomic E-state index is 13.3. The molecule has 0 unspecified atom stereocenters. The van der Waals surface area contributed by atoms with Crippen LogP contribution in [0.1, 0.15) is 0 Å². The summed E-state index contributed by atoms with van der Waals surface area (Å²) in [4.78, 5) is 8.58. The molecule has 2 N–H and O–H groups in total. The molecular formula is C42H26F4N2O4W. The van der Waals surface area contributed by atoms with Crippen molar-refractivity contribution in [3.8, 4) is 56.0 Å². The van der Waals surface area contributed by atoms with Crippen LogP contribution in [0.4, 0.5) is 17.6 Å². The van der Waals surface area contributed by atoms with Gasteiger partial charge < -0.3 is 10.2 Å². The van der Waals surface area contributed by atoms with E-state index in [0.717, 1.165) is 33.0 Å². The summed E-state index contributed by atoms with van der Waals surface area (Å²) < 4.78 is 70.1. The molecule has 0 amide bonds. The quantitative estimate of drug-likeness (QED) is 0.171. The Bertz CT molecular complexity index is 2400. The van der Waals surface area contributed by atoms with Crippen LogP contribution in [0.5, 0.6) is 11.5 Å². The van der Waals surface area contributed by atoms with Gasteiger partial charge in [-0.05, 0) is 106 Å². The van der Waals surface area contributed by atoms with Gasteiger partial charge in [0.25, 0.3) is 0 Å². The predicted molar refractivity (Wildman–Crippen MR) is 190 cm³/mol. The fraction of sp³-hybridized carbons (Fsp3) is 0. The molecule has 0 saturated heterocycles. The van der Waals surface area contributed by atoms with Gasteiger partial charge in [-0.15, -0.1) is 0 Å². The molecule has 0 bridgehead atoms. The first-order valence-electron chi connectivity index (χ1n) is 15.9. The number of fused-ring (bicyclic) bond motifs is 2. The van der Waals surface area contributed by atoms with Crippen LogP contribution < -0.4 is 0 Å². The third-order valence-electron chi connectivity index (χ3n) is 8.35. The zero-order valence-corrected chi connectivity index (χ0v) is 30.3. The van der Waals surface area contributed by atoms with E-state index in [-0.39, 0.29) is 34.8 Å². The number of aromatic hydroxyl groups is 2. The van der Waals surface area contributed by atoms with E-state index >= 15 is 0 Å². The van der Waals surface area contributed by atoms with Gasteiger partial charge in [-0.3, -0.25) is 9.97 Å². The van der Waals surface area contributed by atoms with Gasteiger partial charge in [0.05, 0.1) is 0 Å². The van der Waals surface area contributed by atoms with E-state index in [1.807, 2.05) is 24.3 Å². The van der Waals surface area contributed by atoms with Gasteiger partial charge in [0.1, 0.15) is 45.8 Å². The minimum atomic E-state index is -2.25. The van der Waals surface area contributed by atoms with Gasteiger partial charge in [0.2, 0.25) is 0 Å². The predicted octanol–water partition coefficient (Wildman–Crippen LogP) is 10.9. The van der Waals surface area contributed by atoms with Crippen molar-refractivity contribution in [1.29, 1.82) is 0 Å². The van der Waals surface area contributed by atoms with Crippen LogP contribution in [-0.4, -0.2) is 20.2 Å². The third kappa shape index (κ3) is 8.13. The third-order valence-corrected chi connectivity index (χ3v) is 8.35. The van der Waals surface area contributed by atoms with E-state index in [1.165, 1.54) is 48.5 Å². The van der Waals surface area contributed by atoms with Gasteiger partial charge in [0, 0.05) is 34.3 Å². The maximum atomic E-state index is 13.3. The molecule has 6 aromatic carbocycles. The number of aromatic nitrogens is 2. The van der Waals surface area contributed by atoms with E-state index in [0.29, 0.717) is 33.3 Å². The zero-order valence-electron chi connectivity index (χ0n) is 27.4. The first-order chi connectivity index (χ1) is 25.7. The van der Waals surface area contributed by atoms with Crippen LogP contribution in [0.3, 0.4) is 0 Å². The van der Waals surface area contributed by atoms with Crippen LogP contribution in [0.25, 0.3) is 66.3 Å².